The second-order valence-electron chi connectivity index (χ2n) is 4.19. The molecule has 2 aromatic carbocycles. The first-order chi connectivity index (χ1) is 10.6. The van der Waals surface area contributed by atoms with Gasteiger partial charge in [0.25, 0.3) is 5.69 Å². The zero-order chi connectivity index (χ0) is 15.9. The van der Waals surface area contributed by atoms with E-state index >= 15 is 0 Å². The lowest BCUT2D eigenvalue weighted by Gasteiger charge is -1.99. The van der Waals surface area contributed by atoms with Gasteiger partial charge in [0.15, 0.2) is 0 Å². The van der Waals surface area contributed by atoms with E-state index < -0.39 is 10.9 Å². The molecule has 0 N–H and O–H groups in total. The average Bonchev–Trinajstić information content (AvgIpc) is 2.55. The Morgan fingerprint density at radius 3 is 2.32 bits per heavy atom. The van der Waals surface area contributed by atoms with E-state index in [-0.39, 0.29) is 11.3 Å². The van der Waals surface area contributed by atoms with Gasteiger partial charge in [-0.3, -0.25) is 10.1 Å². The SMILES string of the molecule is COc1ccc(/C=N/OC(=O)c2ccc([N+](=O)[O-])cc2)cc1. The highest BCUT2D eigenvalue weighted by atomic mass is 16.7. The summed E-state index contributed by atoms with van der Waals surface area (Å²) in [5, 5.41) is 14.1. The molecule has 0 unspecified atom stereocenters. The van der Waals surface area contributed by atoms with Crippen LogP contribution in [0.25, 0.3) is 0 Å². The van der Waals surface area contributed by atoms with E-state index in [0.717, 1.165) is 5.56 Å². The number of nitro groups is 1. The predicted molar refractivity (Wildman–Crippen MR) is 79.1 cm³/mol. The molecule has 0 aliphatic carbocycles. The van der Waals surface area contributed by atoms with Crippen LogP contribution >= 0.6 is 0 Å². The quantitative estimate of drug-likeness (QED) is 0.366. The number of nitro benzene ring substituents is 1. The lowest BCUT2D eigenvalue weighted by atomic mass is 10.2. The summed E-state index contributed by atoms with van der Waals surface area (Å²) in [4.78, 5) is 26.4. The zero-order valence-electron chi connectivity index (χ0n) is 11.6. The third-order valence-electron chi connectivity index (χ3n) is 2.77. The van der Waals surface area contributed by atoms with Gasteiger partial charge in [-0.2, -0.15) is 0 Å². The summed E-state index contributed by atoms with van der Waals surface area (Å²) < 4.78 is 5.02. The highest BCUT2D eigenvalue weighted by molar-refractivity contribution is 5.90. The molecule has 0 saturated carbocycles. The fourth-order valence-electron chi connectivity index (χ4n) is 1.60. The van der Waals surface area contributed by atoms with Crippen molar-refractivity contribution in [3.8, 4) is 5.75 Å². The maximum absolute atomic E-state index is 11.7. The highest BCUT2D eigenvalue weighted by Crippen LogP contribution is 2.13. The van der Waals surface area contributed by atoms with Gasteiger partial charge in [-0.25, -0.2) is 4.79 Å². The first kappa shape index (κ1) is 15.2. The van der Waals surface area contributed by atoms with Gasteiger partial charge in [-0.1, -0.05) is 5.16 Å². The van der Waals surface area contributed by atoms with E-state index in [4.69, 9.17) is 9.57 Å². The molecule has 0 spiro atoms. The number of oxime groups is 1. The maximum Gasteiger partial charge on any atom is 0.365 e. The molecular weight excluding hydrogens is 288 g/mol. The predicted octanol–water partition coefficient (Wildman–Crippen LogP) is 2.79. The number of rotatable bonds is 5. The van der Waals surface area contributed by atoms with Gasteiger partial charge < -0.3 is 9.57 Å². The van der Waals surface area contributed by atoms with Gasteiger partial charge in [0.05, 0.1) is 23.8 Å². The third-order valence-corrected chi connectivity index (χ3v) is 2.77. The number of hydrogen-bond donors (Lipinski definition) is 0. The van der Waals surface area contributed by atoms with Crippen molar-refractivity contribution < 1.29 is 19.3 Å². The van der Waals surface area contributed by atoms with Crippen LogP contribution < -0.4 is 4.74 Å². The molecule has 7 heteroatoms. The van der Waals surface area contributed by atoms with E-state index in [1.807, 2.05) is 0 Å². The highest BCUT2D eigenvalue weighted by Gasteiger charge is 2.10. The zero-order valence-corrected chi connectivity index (χ0v) is 11.6. The normalized spacial score (nSPS) is 10.4. The lowest BCUT2D eigenvalue weighted by molar-refractivity contribution is -0.384. The number of hydrogen-bond acceptors (Lipinski definition) is 6. The Hall–Kier alpha value is -3.22. The average molecular weight is 300 g/mol. The second kappa shape index (κ2) is 6.98. The molecule has 7 nitrogen and oxygen atoms in total. The van der Waals surface area contributed by atoms with Crippen molar-refractivity contribution in [2.45, 2.75) is 0 Å². The van der Waals surface area contributed by atoms with Crippen LogP contribution in [0.3, 0.4) is 0 Å². The molecule has 0 aromatic heterocycles. The molecule has 0 atom stereocenters. The summed E-state index contributed by atoms with van der Waals surface area (Å²) in [6.07, 6.45) is 1.38. The summed E-state index contributed by atoms with van der Waals surface area (Å²) in [5.41, 5.74) is 0.813. The number of carbonyl (C=O) groups is 1. The van der Waals surface area contributed by atoms with Crippen LogP contribution in [-0.4, -0.2) is 24.2 Å². The van der Waals surface area contributed by atoms with Crippen molar-refractivity contribution in [1.82, 2.24) is 0 Å². The fraction of sp³-hybridized carbons (Fsp3) is 0.0667. The van der Waals surface area contributed by atoms with Gasteiger partial charge in [0.2, 0.25) is 0 Å². The molecule has 112 valence electrons. The van der Waals surface area contributed by atoms with E-state index in [9.17, 15) is 14.9 Å². The number of methoxy groups -OCH3 is 1. The summed E-state index contributed by atoms with van der Waals surface area (Å²) in [6.45, 7) is 0. The first-order valence-electron chi connectivity index (χ1n) is 6.23. The van der Waals surface area contributed by atoms with E-state index in [0.29, 0.717) is 5.75 Å². The van der Waals surface area contributed by atoms with Crippen LogP contribution in [0.1, 0.15) is 15.9 Å². The largest absolute Gasteiger partial charge is 0.497 e. The van der Waals surface area contributed by atoms with Crippen molar-refractivity contribution in [2.75, 3.05) is 7.11 Å². The van der Waals surface area contributed by atoms with Crippen LogP contribution in [-0.2, 0) is 4.84 Å². The molecule has 0 fully saturated rings. The van der Waals surface area contributed by atoms with Crippen LogP contribution in [0.15, 0.2) is 53.7 Å². The van der Waals surface area contributed by atoms with Crippen molar-refractivity contribution in [2.24, 2.45) is 5.16 Å². The lowest BCUT2D eigenvalue weighted by Crippen LogP contribution is -2.01. The molecule has 0 aliphatic rings. The number of non-ortho nitro benzene ring substituents is 1. The summed E-state index contributed by atoms with van der Waals surface area (Å²) >= 11 is 0. The molecular formula is C15H12N2O5. The van der Waals surface area contributed by atoms with Gasteiger partial charge >= 0.3 is 5.97 Å². The fourth-order valence-corrected chi connectivity index (χ4v) is 1.60. The Balaban J connectivity index is 1.96. The van der Waals surface area contributed by atoms with E-state index in [1.54, 1.807) is 31.4 Å². The molecule has 0 radical (unpaired) electrons. The number of nitrogens with zero attached hydrogens (tertiary/aromatic N) is 2. The first-order valence-corrected chi connectivity index (χ1v) is 6.23. The standard InChI is InChI=1S/C15H12N2O5/c1-21-14-8-2-11(3-9-14)10-16-22-15(18)12-4-6-13(7-5-12)17(19)20/h2-10H,1H3/b16-10+. The molecule has 2 aromatic rings. The van der Waals surface area contributed by atoms with Gasteiger partial charge in [0.1, 0.15) is 5.75 Å². The Morgan fingerprint density at radius 1 is 1.14 bits per heavy atom. The monoisotopic (exact) mass is 300 g/mol. The number of ether oxygens (including phenoxy) is 1. The van der Waals surface area contributed by atoms with Crippen molar-refractivity contribution in [3.63, 3.8) is 0 Å². The third kappa shape index (κ3) is 3.89. The molecule has 0 bridgehead atoms. The maximum atomic E-state index is 11.7. The molecule has 22 heavy (non-hydrogen) atoms. The van der Waals surface area contributed by atoms with Crippen LogP contribution in [0.4, 0.5) is 5.69 Å². The number of carbonyl (C=O) groups excluding carboxylic acids is 1. The summed E-state index contributed by atoms with van der Waals surface area (Å²) in [7, 11) is 1.56. The Labute approximate surface area is 125 Å². The smallest absolute Gasteiger partial charge is 0.365 e. The minimum Gasteiger partial charge on any atom is -0.497 e. The van der Waals surface area contributed by atoms with Gasteiger partial charge in [-0.05, 0) is 42.0 Å². The van der Waals surface area contributed by atoms with Crippen LogP contribution in [0.2, 0.25) is 0 Å². The summed E-state index contributed by atoms with van der Waals surface area (Å²) in [5.74, 6) is 0.0136. The minimum atomic E-state index is -0.695. The Kier molecular flexibility index (Phi) is 4.81. The Bertz CT molecular complexity index is 693. The molecule has 0 heterocycles. The van der Waals surface area contributed by atoms with Gasteiger partial charge in [-0.15, -0.1) is 0 Å². The van der Waals surface area contributed by atoms with Gasteiger partial charge in [0, 0.05) is 12.1 Å². The second-order valence-corrected chi connectivity index (χ2v) is 4.19. The van der Waals surface area contributed by atoms with E-state index in [2.05, 4.69) is 5.16 Å². The van der Waals surface area contributed by atoms with E-state index in [1.165, 1.54) is 30.5 Å². The Morgan fingerprint density at radius 2 is 1.77 bits per heavy atom. The van der Waals surface area contributed by atoms with Crippen molar-refractivity contribution >= 4 is 17.9 Å². The van der Waals surface area contributed by atoms with Crippen molar-refractivity contribution in [1.29, 1.82) is 0 Å². The molecule has 0 amide bonds. The topological polar surface area (TPSA) is 91.0 Å². The molecule has 0 saturated heterocycles. The van der Waals surface area contributed by atoms with Crippen molar-refractivity contribution in [3.05, 3.63) is 69.8 Å². The van der Waals surface area contributed by atoms with Crippen LogP contribution in [0, 0.1) is 10.1 Å². The number of benzene rings is 2. The van der Waals surface area contributed by atoms with Crippen LogP contribution in [0.5, 0.6) is 5.75 Å². The summed E-state index contributed by atoms with van der Waals surface area (Å²) in [6, 6.07) is 12.1. The minimum absolute atomic E-state index is 0.0988. The molecule has 2 rings (SSSR count). The molecule has 0 aliphatic heterocycles.